The molecule has 0 bridgehead atoms. The molecule has 2 unspecified atom stereocenters. The molecule has 2 aliphatic heterocycles. The van der Waals surface area contributed by atoms with Gasteiger partial charge in [0.25, 0.3) is 5.91 Å². The Morgan fingerprint density at radius 1 is 1.03 bits per heavy atom. The molecule has 1 amide bonds. The van der Waals surface area contributed by atoms with Crippen molar-refractivity contribution in [3.05, 3.63) is 75.1 Å². The predicted octanol–water partition coefficient (Wildman–Crippen LogP) is 4.76. The average Bonchev–Trinajstić information content (AvgIpc) is 2.90. The monoisotopic (exact) mass is 488 g/mol. The van der Waals surface area contributed by atoms with E-state index < -0.39 is 0 Å². The van der Waals surface area contributed by atoms with Gasteiger partial charge in [-0.05, 0) is 81.8 Å². The van der Waals surface area contributed by atoms with Crippen LogP contribution in [0.3, 0.4) is 0 Å². The van der Waals surface area contributed by atoms with Crippen molar-refractivity contribution >= 4 is 16.9 Å². The Labute approximate surface area is 212 Å². The summed E-state index contributed by atoms with van der Waals surface area (Å²) in [4.78, 5) is 28.1. The molecule has 0 aliphatic carbocycles. The summed E-state index contributed by atoms with van der Waals surface area (Å²) in [6, 6.07) is 14.3. The molecule has 190 valence electrons. The topological polar surface area (TPSA) is 71.8 Å². The highest BCUT2D eigenvalue weighted by atomic mass is 16.5. The molecule has 0 saturated carbocycles. The van der Waals surface area contributed by atoms with Gasteiger partial charge in [0.05, 0.1) is 0 Å². The summed E-state index contributed by atoms with van der Waals surface area (Å²) < 4.78 is 11.6. The molecule has 36 heavy (non-hydrogen) atoms. The van der Waals surface area contributed by atoms with E-state index >= 15 is 0 Å². The average molecular weight is 489 g/mol. The molecule has 2 fully saturated rings. The molecule has 0 spiro atoms. The van der Waals surface area contributed by atoms with Gasteiger partial charge >= 0.3 is 5.63 Å². The molecule has 1 aromatic heterocycles. The lowest BCUT2D eigenvalue weighted by molar-refractivity contribution is -0.123. The zero-order valence-corrected chi connectivity index (χ0v) is 21.3. The van der Waals surface area contributed by atoms with Crippen molar-refractivity contribution in [2.24, 2.45) is 5.92 Å². The van der Waals surface area contributed by atoms with Crippen LogP contribution in [0, 0.1) is 19.8 Å². The molecule has 1 N–H and O–H groups in total. The quantitative estimate of drug-likeness (QED) is 0.486. The van der Waals surface area contributed by atoms with Crippen LogP contribution in [-0.4, -0.2) is 43.1 Å². The number of aryl methyl sites for hydroxylation is 2. The summed E-state index contributed by atoms with van der Waals surface area (Å²) >= 11 is 0. The predicted molar refractivity (Wildman–Crippen MR) is 142 cm³/mol. The van der Waals surface area contributed by atoms with E-state index in [0.29, 0.717) is 41.8 Å². The Balaban J connectivity index is 1.24. The molecule has 3 aromatic rings. The first kappa shape index (κ1) is 24.6. The fourth-order valence-electron chi connectivity index (χ4n) is 5.99. The molecule has 6 heteroatoms. The molecule has 2 aromatic carbocycles. The second kappa shape index (κ2) is 10.9. The second-order valence-corrected chi connectivity index (χ2v) is 10.3. The standard InChI is InChI=1S/C30H36N2O4/c1-20-24-13-14-27(21(2)29(24)36-30(34)25(20)17-22-9-4-3-5-10-22)35-19-28(33)31-18-23-11-8-16-32-15-7-6-12-26(23)32/h3-5,9-10,13-14,23,26H,6-8,11-12,15-19H2,1-2H3,(H,31,33). The van der Waals surface area contributed by atoms with E-state index in [9.17, 15) is 9.59 Å². The minimum Gasteiger partial charge on any atom is -0.483 e. The second-order valence-electron chi connectivity index (χ2n) is 10.3. The van der Waals surface area contributed by atoms with Crippen LogP contribution in [0.15, 0.2) is 51.7 Å². The van der Waals surface area contributed by atoms with Crippen molar-refractivity contribution in [1.29, 1.82) is 0 Å². The highest BCUT2D eigenvalue weighted by molar-refractivity contribution is 5.86. The molecule has 2 atom stereocenters. The van der Waals surface area contributed by atoms with Gasteiger partial charge in [0.1, 0.15) is 11.3 Å². The number of hydrogen-bond donors (Lipinski definition) is 1. The number of nitrogens with zero attached hydrogens (tertiary/aromatic N) is 1. The number of ether oxygens (including phenoxy) is 1. The lowest BCUT2D eigenvalue weighted by Crippen LogP contribution is -2.51. The Bertz CT molecular complexity index is 1280. The number of carbonyl (C=O) groups is 1. The molecule has 3 heterocycles. The van der Waals surface area contributed by atoms with Crippen LogP contribution in [0.2, 0.25) is 0 Å². The van der Waals surface area contributed by atoms with E-state index in [2.05, 4.69) is 10.2 Å². The van der Waals surface area contributed by atoms with Gasteiger partial charge in [0.15, 0.2) is 6.61 Å². The molecule has 0 radical (unpaired) electrons. The molecular weight excluding hydrogens is 452 g/mol. The van der Waals surface area contributed by atoms with Gasteiger partial charge in [-0.2, -0.15) is 0 Å². The van der Waals surface area contributed by atoms with Crippen molar-refractivity contribution in [2.75, 3.05) is 26.2 Å². The first-order valence-corrected chi connectivity index (χ1v) is 13.2. The van der Waals surface area contributed by atoms with E-state index in [1.165, 1.54) is 45.2 Å². The zero-order chi connectivity index (χ0) is 25.1. The summed E-state index contributed by atoms with van der Waals surface area (Å²) in [5.74, 6) is 0.971. The highest BCUT2D eigenvalue weighted by Crippen LogP contribution is 2.31. The number of piperidine rings is 2. The lowest BCUT2D eigenvalue weighted by atomic mass is 9.83. The maximum Gasteiger partial charge on any atom is 0.340 e. The summed E-state index contributed by atoms with van der Waals surface area (Å²) in [6.07, 6.45) is 6.74. The van der Waals surface area contributed by atoms with Gasteiger partial charge in [-0.15, -0.1) is 0 Å². The maximum atomic E-state index is 12.8. The van der Waals surface area contributed by atoms with Crippen LogP contribution >= 0.6 is 0 Å². The SMILES string of the molecule is Cc1c(Cc2ccccc2)c(=O)oc2c(C)c(OCC(=O)NCC3CCCN4CCCCC34)ccc12. The lowest BCUT2D eigenvalue weighted by Gasteiger charge is -2.44. The summed E-state index contributed by atoms with van der Waals surface area (Å²) in [7, 11) is 0. The van der Waals surface area contributed by atoms with E-state index in [-0.39, 0.29) is 18.1 Å². The first-order valence-electron chi connectivity index (χ1n) is 13.2. The normalized spacial score (nSPS) is 20.2. The molecular formula is C30H36N2O4. The van der Waals surface area contributed by atoms with Crippen molar-refractivity contribution in [3.8, 4) is 5.75 Å². The minimum atomic E-state index is -0.328. The molecule has 5 rings (SSSR count). The van der Waals surface area contributed by atoms with Gasteiger partial charge in [-0.3, -0.25) is 4.79 Å². The van der Waals surface area contributed by atoms with Gasteiger partial charge in [-0.1, -0.05) is 36.8 Å². The molecule has 6 nitrogen and oxygen atoms in total. The van der Waals surface area contributed by atoms with Crippen molar-refractivity contribution in [2.45, 2.75) is 58.4 Å². The molecule has 2 saturated heterocycles. The van der Waals surface area contributed by atoms with Crippen LogP contribution in [0.5, 0.6) is 5.75 Å². The van der Waals surface area contributed by atoms with E-state index in [0.717, 1.165) is 22.1 Å². The van der Waals surface area contributed by atoms with Crippen LogP contribution in [0.1, 0.15) is 54.4 Å². The Morgan fingerprint density at radius 3 is 2.67 bits per heavy atom. The van der Waals surface area contributed by atoms with Crippen LogP contribution in [0.4, 0.5) is 0 Å². The fourth-order valence-corrected chi connectivity index (χ4v) is 5.99. The van der Waals surface area contributed by atoms with Gasteiger partial charge in [0, 0.05) is 35.5 Å². The third-order valence-electron chi connectivity index (χ3n) is 8.03. The number of rotatable bonds is 7. The third kappa shape index (κ3) is 5.19. The largest absolute Gasteiger partial charge is 0.483 e. The summed E-state index contributed by atoms with van der Waals surface area (Å²) in [5, 5.41) is 3.99. The van der Waals surface area contributed by atoms with Crippen LogP contribution in [-0.2, 0) is 11.2 Å². The van der Waals surface area contributed by atoms with E-state index in [1.54, 1.807) is 0 Å². The molecule has 2 aliphatic rings. The summed E-state index contributed by atoms with van der Waals surface area (Å²) in [6.45, 7) is 6.88. The Morgan fingerprint density at radius 2 is 1.83 bits per heavy atom. The summed E-state index contributed by atoms with van der Waals surface area (Å²) in [5.41, 5.74) is 3.58. The number of amides is 1. The van der Waals surface area contributed by atoms with Gasteiger partial charge < -0.3 is 19.4 Å². The fraction of sp³-hybridized carbons (Fsp3) is 0.467. The number of hydrogen-bond acceptors (Lipinski definition) is 5. The highest BCUT2D eigenvalue weighted by Gasteiger charge is 2.32. The maximum absolute atomic E-state index is 12.8. The van der Waals surface area contributed by atoms with Gasteiger partial charge in [0.2, 0.25) is 0 Å². The van der Waals surface area contributed by atoms with Crippen molar-refractivity contribution in [3.63, 3.8) is 0 Å². The van der Waals surface area contributed by atoms with Crippen LogP contribution < -0.4 is 15.7 Å². The smallest absolute Gasteiger partial charge is 0.340 e. The van der Waals surface area contributed by atoms with Crippen LogP contribution in [0.25, 0.3) is 11.0 Å². The Kier molecular flexibility index (Phi) is 7.42. The third-order valence-corrected chi connectivity index (χ3v) is 8.03. The number of fused-ring (bicyclic) bond motifs is 2. The minimum absolute atomic E-state index is 0.0528. The number of benzene rings is 2. The van der Waals surface area contributed by atoms with E-state index in [1.807, 2.05) is 56.3 Å². The number of carbonyl (C=O) groups excluding carboxylic acids is 1. The Hall–Kier alpha value is -3.12. The zero-order valence-electron chi connectivity index (χ0n) is 21.3. The van der Waals surface area contributed by atoms with E-state index in [4.69, 9.17) is 9.15 Å². The first-order chi connectivity index (χ1) is 17.5. The van der Waals surface area contributed by atoms with Crippen molar-refractivity contribution < 1.29 is 13.9 Å². The number of nitrogens with one attached hydrogen (secondary N) is 1. The van der Waals surface area contributed by atoms with Crippen molar-refractivity contribution in [1.82, 2.24) is 10.2 Å². The van der Waals surface area contributed by atoms with Gasteiger partial charge in [-0.25, -0.2) is 4.79 Å².